The second kappa shape index (κ2) is 9.41. The van der Waals surface area contributed by atoms with E-state index in [1.54, 1.807) is 0 Å². The predicted octanol–water partition coefficient (Wildman–Crippen LogP) is 2.94. The Bertz CT molecular complexity index is 584. The largest absolute Gasteiger partial charge is 0.341 e. The second-order valence-corrected chi connectivity index (χ2v) is 7.88. The van der Waals surface area contributed by atoms with E-state index in [0.717, 1.165) is 39.1 Å². The van der Waals surface area contributed by atoms with Gasteiger partial charge in [0, 0.05) is 38.8 Å². The second-order valence-electron chi connectivity index (χ2n) is 7.88. The van der Waals surface area contributed by atoms with Gasteiger partial charge in [0.1, 0.15) is 0 Å². The van der Waals surface area contributed by atoms with E-state index in [1.165, 1.54) is 24.8 Å². The molecular weight excluding hydrogens is 369 g/mol. The molecule has 4 nitrogen and oxygen atoms in total. The first-order chi connectivity index (χ1) is 11.7. The lowest BCUT2D eigenvalue weighted by Gasteiger charge is -2.32. The van der Waals surface area contributed by atoms with Crippen LogP contribution in [0.3, 0.4) is 0 Å². The lowest BCUT2D eigenvalue weighted by Crippen LogP contribution is -2.48. The smallest absolute Gasteiger partial charge is 0.227 e. The number of nitrogens with zero attached hydrogens (tertiary/aromatic N) is 2. The van der Waals surface area contributed by atoms with Crippen molar-refractivity contribution in [1.82, 2.24) is 9.80 Å². The van der Waals surface area contributed by atoms with Gasteiger partial charge < -0.3 is 10.6 Å². The third-order valence-electron chi connectivity index (χ3n) is 6.41. The summed E-state index contributed by atoms with van der Waals surface area (Å²) in [5.41, 5.74) is 7.74. The molecule has 1 amide bonds. The van der Waals surface area contributed by atoms with Gasteiger partial charge in [-0.2, -0.15) is 0 Å². The minimum atomic E-state index is 0. The minimum absolute atomic E-state index is 0. The molecule has 4 atom stereocenters. The highest BCUT2D eigenvalue weighted by molar-refractivity contribution is 5.85. The molecule has 4 unspecified atom stereocenters. The van der Waals surface area contributed by atoms with Crippen LogP contribution in [-0.4, -0.2) is 47.9 Å². The van der Waals surface area contributed by atoms with Crippen molar-refractivity contribution < 1.29 is 4.79 Å². The highest BCUT2D eigenvalue weighted by Gasteiger charge is 2.50. The first-order valence-electron chi connectivity index (χ1n) is 9.53. The molecule has 1 saturated heterocycles. The molecule has 4 rings (SSSR count). The van der Waals surface area contributed by atoms with Crippen LogP contribution in [0, 0.1) is 17.8 Å². The summed E-state index contributed by atoms with van der Waals surface area (Å²) in [5, 5.41) is 0. The summed E-state index contributed by atoms with van der Waals surface area (Å²) in [5.74, 6) is 1.60. The molecule has 2 saturated carbocycles. The zero-order valence-electron chi connectivity index (χ0n) is 15.3. The summed E-state index contributed by atoms with van der Waals surface area (Å²) in [4.78, 5) is 17.6. The average Bonchev–Trinajstić information content (AvgIpc) is 3.10. The Morgan fingerprint density at radius 2 is 1.73 bits per heavy atom. The van der Waals surface area contributed by atoms with Crippen molar-refractivity contribution >= 4 is 30.7 Å². The topological polar surface area (TPSA) is 49.6 Å². The van der Waals surface area contributed by atoms with Crippen LogP contribution in [-0.2, 0) is 11.3 Å². The fraction of sp³-hybridized carbons (Fsp3) is 0.650. The fourth-order valence-corrected chi connectivity index (χ4v) is 5.10. The first kappa shape index (κ1) is 21.5. The van der Waals surface area contributed by atoms with Gasteiger partial charge >= 0.3 is 0 Å². The molecule has 6 heteroatoms. The molecule has 2 N–H and O–H groups in total. The quantitative estimate of drug-likeness (QED) is 0.849. The molecular formula is C20H31Cl2N3O. The zero-order valence-corrected chi connectivity index (χ0v) is 16.9. The molecule has 2 aliphatic carbocycles. The van der Waals surface area contributed by atoms with Gasteiger partial charge in [0.2, 0.25) is 5.91 Å². The lowest BCUT2D eigenvalue weighted by molar-refractivity contribution is -0.137. The van der Waals surface area contributed by atoms with Crippen molar-refractivity contribution in [3.05, 3.63) is 35.9 Å². The van der Waals surface area contributed by atoms with E-state index in [4.69, 9.17) is 5.73 Å². The Hall–Kier alpha value is -0.810. The number of benzene rings is 1. The number of halogens is 2. The molecule has 2 bridgehead atoms. The number of amides is 1. The standard InChI is InChI=1S/C20H29N3O.2ClH/c21-19-17-8-7-16(13-17)18(19)20(24)23-10-4-9-22(11-12-23)14-15-5-2-1-3-6-15;;/h1-3,5-6,16-19H,4,7-14,21H2;2*1H. The molecule has 0 spiro atoms. The van der Waals surface area contributed by atoms with Gasteiger partial charge in [-0.1, -0.05) is 30.3 Å². The summed E-state index contributed by atoms with van der Waals surface area (Å²) in [7, 11) is 0. The fourth-order valence-electron chi connectivity index (χ4n) is 5.10. The van der Waals surface area contributed by atoms with Crippen molar-refractivity contribution in [2.45, 2.75) is 38.3 Å². The van der Waals surface area contributed by atoms with E-state index in [0.29, 0.717) is 17.7 Å². The number of hydrogen-bond donors (Lipinski definition) is 1. The molecule has 146 valence electrons. The van der Waals surface area contributed by atoms with Gasteiger partial charge in [-0.05, 0) is 43.1 Å². The van der Waals surface area contributed by atoms with Crippen LogP contribution in [0.1, 0.15) is 31.2 Å². The number of hydrogen-bond acceptors (Lipinski definition) is 3. The number of fused-ring (bicyclic) bond motifs is 2. The van der Waals surface area contributed by atoms with Crippen LogP contribution >= 0.6 is 24.8 Å². The van der Waals surface area contributed by atoms with Crippen LogP contribution < -0.4 is 5.73 Å². The first-order valence-corrected chi connectivity index (χ1v) is 9.53. The van der Waals surface area contributed by atoms with E-state index in [2.05, 4.69) is 40.1 Å². The van der Waals surface area contributed by atoms with E-state index < -0.39 is 0 Å². The van der Waals surface area contributed by atoms with Crippen molar-refractivity contribution in [3.63, 3.8) is 0 Å². The van der Waals surface area contributed by atoms with Crippen LogP contribution in [0.5, 0.6) is 0 Å². The van der Waals surface area contributed by atoms with Gasteiger partial charge in [-0.25, -0.2) is 0 Å². The van der Waals surface area contributed by atoms with Gasteiger partial charge in [0.15, 0.2) is 0 Å². The molecule has 3 aliphatic rings. The van der Waals surface area contributed by atoms with Crippen molar-refractivity contribution in [1.29, 1.82) is 0 Å². The van der Waals surface area contributed by atoms with E-state index >= 15 is 0 Å². The molecule has 1 aliphatic heterocycles. The Kier molecular flexibility index (Phi) is 7.77. The number of nitrogens with two attached hydrogens (primary N) is 1. The third-order valence-corrected chi connectivity index (χ3v) is 6.41. The van der Waals surface area contributed by atoms with Crippen LogP contribution in [0.15, 0.2) is 30.3 Å². The summed E-state index contributed by atoms with van der Waals surface area (Å²) >= 11 is 0. The van der Waals surface area contributed by atoms with Gasteiger partial charge in [-0.3, -0.25) is 9.69 Å². The highest BCUT2D eigenvalue weighted by Crippen LogP contribution is 2.48. The SMILES string of the molecule is Cl.Cl.NC1C2CCC(C2)C1C(=O)N1CCCN(Cc2ccccc2)CC1. The number of carbonyl (C=O) groups excluding carboxylic acids is 1. The molecule has 1 aromatic rings. The Morgan fingerprint density at radius 1 is 1.00 bits per heavy atom. The zero-order chi connectivity index (χ0) is 16.5. The maximum atomic E-state index is 13.0. The van der Waals surface area contributed by atoms with E-state index in [1.807, 2.05) is 0 Å². The Labute approximate surface area is 169 Å². The maximum absolute atomic E-state index is 13.0. The van der Waals surface area contributed by atoms with E-state index in [9.17, 15) is 4.79 Å². The summed E-state index contributed by atoms with van der Waals surface area (Å²) in [6, 6.07) is 10.7. The normalized spacial score (nSPS) is 31.0. The summed E-state index contributed by atoms with van der Waals surface area (Å²) in [6.07, 6.45) is 4.70. The minimum Gasteiger partial charge on any atom is -0.341 e. The Morgan fingerprint density at radius 3 is 2.42 bits per heavy atom. The molecule has 1 heterocycles. The van der Waals surface area contributed by atoms with Crippen molar-refractivity contribution in [2.75, 3.05) is 26.2 Å². The van der Waals surface area contributed by atoms with Crippen molar-refractivity contribution in [3.8, 4) is 0 Å². The monoisotopic (exact) mass is 399 g/mol. The molecule has 3 fully saturated rings. The van der Waals surface area contributed by atoms with E-state index in [-0.39, 0.29) is 36.8 Å². The number of carbonyl (C=O) groups is 1. The van der Waals surface area contributed by atoms with Crippen molar-refractivity contribution in [2.24, 2.45) is 23.5 Å². The Balaban J connectivity index is 0.00000121. The van der Waals surface area contributed by atoms with Crippen LogP contribution in [0.25, 0.3) is 0 Å². The maximum Gasteiger partial charge on any atom is 0.227 e. The van der Waals surface area contributed by atoms with Gasteiger partial charge in [-0.15, -0.1) is 24.8 Å². The molecule has 26 heavy (non-hydrogen) atoms. The van der Waals surface area contributed by atoms with Gasteiger partial charge in [0.25, 0.3) is 0 Å². The highest BCUT2D eigenvalue weighted by atomic mass is 35.5. The van der Waals surface area contributed by atoms with Gasteiger partial charge in [0.05, 0.1) is 5.92 Å². The molecule has 0 aromatic heterocycles. The summed E-state index contributed by atoms with van der Waals surface area (Å²) in [6.45, 7) is 4.77. The van der Waals surface area contributed by atoms with Crippen LogP contribution in [0.4, 0.5) is 0 Å². The molecule has 1 aromatic carbocycles. The van der Waals surface area contributed by atoms with Crippen LogP contribution in [0.2, 0.25) is 0 Å². The lowest BCUT2D eigenvalue weighted by atomic mass is 9.84. The average molecular weight is 400 g/mol. The predicted molar refractivity (Wildman–Crippen MR) is 110 cm³/mol. The molecule has 0 radical (unpaired) electrons. The third kappa shape index (κ3) is 4.36. The summed E-state index contributed by atoms with van der Waals surface area (Å²) < 4.78 is 0. The number of rotatable bonds is 3.